The van der Waals surface area contributed by atoms with Gasteiger partial charge in [0.25, 0.3) is 0 Å². The maximum Gasteiger partial charge on any atom is 0.0728 e. The van der Waals surface area contributed by atoms with Gasteiger partial charge in [0.1, 0.15) is 0 Å². The molecule has 2 aliphatic rings. The number of hydrogen-bond donors (Lipinski definition) is 1. The quantitative estimate of drug-likeness (QED) is 0.804. The van der Waals surface area contributed by atoms with Crippen LogP contribution in [0.1, 0.15) is 78.6 Å². The van der Waals surface area contributed by atoms with Crippen molar-refractivity contribution in [3.8, 4) is 0 Å². The van der Waals surface area contributed by atoms with E-state index in [9.17, 15) is 0 Å². The number of nitrogens with two attached hydrogens (primary N) is 1. The Hall–Kier alpha value is -0.0800. The summed E-state index contributed by atoms with van der Waals surface area (Å²) < 4.78 is 6.28. The van der Waals surface area contributed by atoms with Gasteiger partial charge in [-0.2, -0.15) is 0 Å². The zero-order chi connectivity index (χ0) is 14.6. The van der Waals surface area contributed by atoms with E-state index in [1.54, 1.807) is 0 Å². The third-order valence-corrected chi connectivity index (χ3v) is 6.13. The van der Waals surface area contributed by atoms with Crippen LogP contribution in [0, 0.1) is 17.3 Å². The van der Waals surface area contributed by atoms with Gasteiger partial charge in [-0.3, -0.25) is 0 Å². The maximum atomic E-state index is 6.32. The molecule has 0 saturated heterocycles. The van der Waals surface area contributed by atoms with Crippen molar-refractivity contribution >= 4 is 0 Å². The zero-order valence-electron chi connectivity index (χ0n) is 13.9. The standard InChI is InChI=1S/C18H35NO/c1-4-18(2,3)15-10-11-16(19)17(12-15)20-13-14-8-6-5-7-9-14/h14-17H,4-13,19H2,1-3H3. The summed E-state index contributed by atoms with van der Waals surface area (Å²) in [5.41, 5.74) is 6.75. The third-order valence-electron chi connectivity index (χ3n) is 6.13. The van der Waals surface area contributed by atoms with Crippen molar-refractivity contribution in [1.29, 1.82) is 0 Å². The molecule has 2 N–H and O–H groups in total. The number of hydrogen-bond acceptors (Lipinski definition) is 2. The lowest BCUT2D eigenvalue weighted by Crippen LogP contribution is -2.45. The van der Waals surface area contributed by atoms with Gasteiger partial charge in [0.05, 0.1) is 6.10 Å². The van der Waals surface area contributed by atoms with E-state index in [-0.39, 0.29) is 6.04 Å². The van der Waals surface area contributed by atoms with Crippen LogP contribution in [0.25, 0.3) is 0 Å². The fourth-order valence-electron chi connectivity index (χ4n) is 3.96. The highest BCUT2D eigenvalue weighted by molar-refractivity contribution is 4.89. The van der Waals surface area contributed by atoms with Crippen molar-refractivity contribution in [3.05, 3.63) is 0 Å². The van der Waals surface area contributed by atoms with Gasteiger partial charge < -0.3 is 10.5 Å². The molecule has 2 heteroatoms. The summed E-state index contributed by atoms with van der Waals surface area (Å²) in [4.78, 5) is 0. The minimum atomic E-state index is 0.266. The molecule has 2 fully saturated rings. The monoisotopic (exact) mass is 281 g/mol. The predicted octanol–water partition coefficient (Wildman–Crippen LogP) is 4.52. The van der Waals surface area contributed by atoms with Crippen LogP contribution in [0.3, 0.4) is 0 Å². The molecule has 0 aliphatic heterocycles. The van der Waals surface area contributed by atoms with Crippen LogP contribution >= 0.6 is 0 Å². The van der Waals surface area contributed by atoms with Gasteiger partial charge >= 0.3 is 0 Å². The van der Waals surface area contributed by atoms with Crippen molar-refractivity contribution in [2.24, 2.45) is 23.0 Å². The molecule has 0 aromatic heterocycles. The summed E-state index contributed by atoms with van der Waals surface area (Å²) >= 11 is 0. The molecule has 20 heavy (non-hydrogen) atoms. The minimum Gasteiger partial charge on any atom is -0.376 e. The van der Waals surface area contributed by atoms with Gasteiger partial charge in [0.15, 0.2) is 0 Å². The molecule has 118 valence electrons. The van der Waals surface area contributed by atoms with Gasteiger partial charge in [-0.25, -0.2) is 0 Å². The Kier molecular flexibility index (Phi) is 5.92. The van der Waals surface area contributed by atoms with Crippen LogP contribution in [0.4, 0.5) is 0 Å². The van der Waals surface area contributed by atoms with Crippen molar-refractivity contribution in [2.45, 2.75) is 90.7 Å². The van der Waals surface area contributed by atoms with Gasteiger partial charge in [0, 0.05) is 12.6 Å². The normalized spacial score (nSPS) is 33.3. The Morgan fingerprint density at radius 2 is 1.75 bits per heavy atom. The average molecular weight is 281 g/mol. The second-order valence-electron chi connectivity index (χ2n) is 7.89. The highest BCUT2D eigenvalue weighted by Gasteiger charge is 2.36. The lowest BCUT2D eigenvalue weighted by molar-refractivity contribution is -0.0395. The molecule has 3 atom stereocenters. The van der Waals surface area contributed by atoms with E-state index in [1.807, 2.05) is 0 Å². The largest absolute Gasteiger partial charge is 0.376 e. The first-order valence-corrected chi connectivity index (χ1v) is 8.90. The molecule has 2 saturated carbocycles. The summed E-state index contributed by atoms with van der Waals surface area (Å²) in [6, 6.07) is 0.266. The molecular formula is C18H35NO. The second-order valence-corrected chi connectivity index (χ2v) is 7.89. The minimum absolute atomic E-state index is 0.266. The molecule has 0 amide bonds. The first kappa shape index (κ1) is 16.3. The van der Waals surface area contributed by atoms with Gasteiger partial charge in [-0.15, -0.1) is 0 Å². The van der Waals surface area contributed by atoms with Crippen LogP contribution < -0.4 is 5.73 Å². The average Bonchev–Trinajstić information content (AvgIpc) is 2.47. The molecule has 2 nitrogen and oxygen atoms in total. The van der Waals surface area contributed by atoms with E-state index in [0.717, 1.165) is 24.9 Å². The van der Waals surface area contributed by atoms with E-state index in [0.29, 0.717) is 11.5 Å². The Morgan fingerprint density at radius 1 is 1.05 bits per heavy atom. The number of rotatable bonds is 5. The van der Waals surface area contributed by atoms with E-state index in [1.165, 1.54) is 51.4 Å². The Bertz CT molecular complexity index is 283. The fraction of sp³-hybridized carbons (Fsp3) is 1.00. The molecule has 0 aromatic rings. The van der Waals surface area contributed by atoms with Gasteiger partial charge in [-0.05, 0) is 49.4 Å². The van der Waals surface area contributed by atoms with Crippen LogP contribution in [0.15, 0.2) is 0 Å². The summed E-state index contributed by atoms with van der Waals surface area (Å²) in [7, 11) is 0. The van der Waals surface area contributed by atoms with E-state index in [2.05, 4.69) is 20.8 Å². The Labute approximate surface area is 125 Å². The van der Waals surface area contributed by atoms with Crippen LogP contribution in [0.2, 0.25) is 0 Å². The molecule has 3 unspecified atom stereocenters. The highest BCUT2D eigenvalue weighted by Crippen LogP contribution is 2.41. The Balaban J connectivity index is 1.82. The van der Waals surface area contributed by atoms with Crippen molar-refractivity contribution in [3.63, 3.8) is 0 Å². The molecule has 0 bridgehead atoms. The Morgan fingerprint density at radius 3 is 2.40 bits per heavy atom. The summed E-state index contributed by atoms with van der Waals surface area (Å²) in [5.74, 6) is 1.58. The van der Waals surface area contributed by atoms with E-state index in [4.69, 9.17) is 10.5 Å². The van der Waals surface area contributed by atoms with Crippen molar-refractivity contribution < 1.29 is 4.74 Å². The molecule has 0 radical (unpaired) electrons. The first-order chi connectivity index (χ1) is 9.53. The SMILES string of the molecule is CCC(C)(C)C1CCC(N)C(OCC2CCCCC2)C1. The first-order valence-electron chi connectivity index (χ1n) is 8.90. The lowest BCUT2D eigenvalue weighted by atomic mass is 9.68. The molecular weight excluding hydrogens is 246 g/mol. The number of ether oxygens (including phenoxy) is 1. The van der Waals surface area contributed by atoms with E-state index < -0.39 is 0 Å². The molecule has 0 heterocycles. The van der Waals surface area contributed by atoms with Crippen LogP contribution in [-0.4, -0.2) is 18.8 Å². The van der Waals surface area contributed by atoms with Crippen LogP contribution in [0.5, 0.6) is 0 Å². The maximum absolute atomic E-state index is 6.32. The zero-order valence-corrected chi connectivity index (χ0v) is 13.9. The topological polar surface area (TPSA) is 35.2 Å². The van der Waals surface area contributed by atoms with Gasteiger partial charge in [0.2, 0.25) is 0 Å². The smallest absolute Gasteiger partial charge is 0.0728 e. The summed E-state index contributed by atoms with van der Waals surface area (Å²) in [6.07, 6.45) is 12.1. The van der Waals surface area contributed by atoms with Crippen molar-refractivity contribution in [1.82, 2.24) is 0 Å². The van der Waals surface area contributed by atoms with Crippen molar-refractivity contribution in [2.75, 3.05) is 6.61 Å². The molecule has 0 spiro atoms. The molecule has 2 rings (SSSR count). The van der Waals surface area contributed by atoms with Crippen LogP contribution in [-0.2, 0) is 4.74 Å². The molecule has 0 aromatic carbocycles. The second kappa shape index (κ2) is 7.26. The molecule has 2 aliphatic carbocycles. The van der Waals surface area contributed by atoms with E-state index >= 15 is 0 Å². The predicted molar refractivity (Wildman–Crippen MR) is 85.7 cm³/mol. The summed E-state index contributed by atoms with van der Waals surface area (Å²) in [6.45, 7) is 8.09. The highest BCUT2D eigenvalue weighted by atomic mass is 16.5. The summed E-state index contributed by atoms with van der Waals surface area (Å²) in [5, 5.41) is 0. The lowest BCUT2D eigenvalue weighted by Gasteiger charge is -2.42. The fourth-order valence-corrected chi connectivity index (χ4v) is 3.96. The third kappa shape index (κ3) is 4.21. The van der Waals surface area contributed by atoms with Gasteiger partial charge in [-0.1, -0.05) is 46.5 Å².